The van der Waals surface area contributed by atoms with Gasteiger partial charge in [-0.1, -0.05) is 87.7 Å². The molecule has 0 aliphatic carbocycles. The van der Waals surface area contributed by atoms with Crippen LogP contribution in [0.2, 0.25) is 5.02 Å². The smallest absolute Gasteiger partial charge is 0.159 e. The van der Waals surface area contributed by atoms with Gasteiger partial charge in [-0.25, -0.2) is 8.78 Å². The lowest BCUT2D eigenvalue weighted by molar-refractivity contribution is 0.304. The van der Waals surface area contributed by atoms with Crippen LogP contribution >= 0.6 is 27.5 Å². The average Bonchev–Trinajstić information content (AvgIpc) is 3.36. The highest BCUT2D eigenvalue weighted by atomic mass is 79.9. The van der Waals surface area contributed by atoms with Crippen LogP contribution in [0.15, 0.2) is 144 Å². The van der Waals surface area contributed by atoms with Gasteiger partial charge in [-0.3, -0.25) is 0 Å². The van der Waals surface area contributed by atoms with E-state index in [-0.39, 0.29) is 6.61 Å². The predicted octanol–water partition coefficient (Wildman–Crippen LogP) is 15.9. The van der Waals surface area contributed by atoms with Gasteiger partial charge in [0.1, 0.15) is 49.4 Å². The lowest BCUT2D eigenvalue weighted by Gasteiger charge is -2.11. The summed E-state index contributed by atoms with van der Waals surface area (Å²) in [6, 6.07) is 43.3. The van der Waals surface area contributed by atoms with Crippen LogP contribution in [0.4, 0.5) is 31.5 Å². The Balaban J connectivity index is 0.000000181. The summed E-state index contributed by atoms with van der Waals surface area (Å²) in [6.07, 6.45) is 0. The second-order valence-corrected chi connectivity index (χ2v) is 19.4. The summed E-state index contributed by atoms with van der Waals surface area (Å²) < 4.78 is 49.8. The largest absolute Gasteiger partial charge is 0.489 e. The molecule has 382 valence electrons. The monoisotopic (exact) mass is 1070 g/mol. The molecule has 0 amide bonds. The molecular formula is C61H66BrClF2N4O4. The zero-order valence-electron chi connectivity index (χ0n) is 43.1. The molecule has 8 nitrogen and oxygen atoms in total. The molecule has 12 heteroatoms. The van der Waals surface area contributed by atoms with Crippen molar-refractivity contribution in [2.45, 2.75) is 88.7 Å². The molecule has 8 N–H and O–H groups in total. The van der Waals surface area contributed by atoms with E-state index in [4.69, 9.17) is 53.5 Å². The van der Waals surface area contributed by atoms with E-state index in [2.05, 4.69) is 47.1 Å². The van der Waals surface area contributed by atoms with E-state index < -0.39 is 11.6 Å². The molecule has 8 aromatic rings. The van der Waals surface area contributed by atoms with Crippen LogP contribution in [0.1, 0.15) is 72.3 Å². The van der Waals surface area contributed by atoms with E-state index in [9.17, 15) is 8.78 Å². The molecule has 0 heterocycles. The number of hydrogen-bond acceptors (Lipinski definition) is 8. The first kappa shape index (κ1) is 56.7. The Morgan fingerprint density at radius 3 is 0.918 bits per heavy atom. The third kappa shape index (κ3) is 17.8. The Labute approximate surface area is 443 Å². The zero-order valence-corrected chi connectivity index (χ0v) is 45.4. The van der Waals surface area contributed by atoms with Crippen molar-refractivity contribution >= 4 is 50.3 Å². The maximum atomic E-state index is 13.0. The second-order valence-electron chi connectivity index (χ2n) is 18.0. The molecule has 0 saturated heterocycles. The van der Waals surface area contributed by atoms with Gasteiger partial charge in [-0.2, -0.15) is 0 Å². The summed E-state index contributed by atoms with van der Waals surface area (Å²) in [5, 5.41) is 0.734. The van der Waals surface area contributed by atoms with Crippen LogP contribution in [0.3, 0.4) is 0 Å². The standard InChI is InChI=1S/C16H19NO.C15H16BrNO.C15H16ClNO.C15H15F2NO/c1-11-4-6-14(7-5-11)10-18-15-8-12(2)16(17)13(3)9-15;2*1-10-7-14(8-11(2)15(10)17)18-9-12-3-5-13(16)6-4-12;1-9-5-12(6-10(2)15(9)18)19-8-11-3-4-13(16)14(17)7-11/h4-9H,10,17H2,1-3H3;2*3-8H,9,17H2,1-2H3;3-7H,8,18H2,1-2H3. The number of nitrogens with two attached hydrogens (primary N) is 4. The third-order valence-electron chi connectivity index (χ3n) is 11.8. The maximum Gasteiger partial charge on any atom is 0.159 e. The van der Waals surface area contributed by atoms with Crippen molar-refractivity contribution in [1.82, 2.24) is 0 Å². The SMILES string of the molecule is Cc1cc(OCc2ccc(Br)cc2)cc(C)c1N.Cc1cc(OCc2ccc(Cl)cc2)cc(C)c1N.Cc1cc(OCc2ccc(F)c(F)c2)cc(C)c1N.Cc1ccc(COc2cc(C)c(N)c(C)c2)cc1. The molecule has 0 saturated carbocycles. The Morgan fingerprint density at radius 2 is 0.616 bits per heavy atom. The molecule has 73 heavy (non-hydrogen) atoms. The van der Waals surface area contributed by atoms with E-state index in [0.29, 0.717) is 31.1 Å². The van der Waals surface area contributed by atoms with Crippen molar-refractivity contribution < 1.29 is 27.7 Å². The molecule has 0 unspecified atom stereocenters. The lowest BCUT2D eigenvalue weighted by Crippen LogP contribution is -1.99. The average molecular weight is 1070 g/mol. The number of halogens is 4. The number of anilines is 4. The molecule has 0 fully saturated rings. The molecule has 0 atom stereocenters. The van der Waals surface area contributed by atoms with Crippen LogP contribution < -0.4 is 41.9 Å². The van der Waals surface area contributed by atoms with Gasteiger partial charge in [0.15, 0.2) is 11.6 Å². The van der Waals surface area contributed by atoms with Crippen LogP contribution in [0, 0.1) is 73.9 Å². The molecule has 0 bridgehead atoms. The van der Waals surface area contributed by atoms with Gasteiger partial charge in [0.25, 0.3) is 0 Å². The minimum atomic E-state index is -0.870. The highest BCUT2D eigenvalue weighted by Gasteiger charge is 2.08. The fourth-order valence-corrected chi connectivity index (χ4v) is 7.61. The number of ether oxygens (including phenoxy) is 4. The fraction of sp³-hybridized carbons (Fsp3) is 0.213. The minimum Gasteiger partial charge on any atom is -0.489 e. The molecule has 0 radical (unpaired) electrons. The Kier molecular flexibility index (Phi) is 21.0. The second kappa shape index (κ2) is 27.0. The van der Waals surface area contributed by atoms with Crippen molar-refractivity contribution in [3.05, 3.63) is 233 Å². The molecule has 0 aliphatic heterocycles. The molecule has 0 aliphatic rings. The Hall–Kier alpha value is -7.21. The first-order valence-corrected chi connectivity index (χ1v) is 24.8. The van der Waals surface area contributed by atoms with Crippen LogP contribution in [-0.2, 0) is 26.4 Å². The molecule has 0 spiro atoms. The normalized spacial score (nSPS) is 10.4. The van der Waals surface area contributed by atoms with Gasteiger partial charge in [-0.05, 0) is 214 Å². The number of nitrogen functional groups attached to an aromatic ring is 4. The van der Waals surface area contributed by atoms with Crippen molar-refractivity contribution in [2.75, 3.05) is 22.9 Å². The lowest BCUT2D eigenvalue weighted by atomic mass is 10.1. The number of aryl methyl sites for hydroxylation is 9. The van der Waals surface area contributed by atoms with Gasteiger partial charge in [0.05, 0.1) is 0 Å². The van der Waals surface area contributed by atoms with E-state index in [1.165, 1.54) is 17.2 Å². The molecular weight excluding hydrogens is 1010 g/mol. The molecule has 8 aromatic carbocycles. The first-order valence-electron chi connectivity index (χ1n) is 23.6. The Bertz CT molecular complexity index is 2760. The zero-order chi connectivity index (χ0) is 53.4. The van der Waals surface area contributed by atoms with E-state index in [1.807, 2.05) is 152 Å². The number of benzene rings is 8. The van der Waals surface area contributed by atoms with Crippen LogP contribution in [0.5, 0.6) is 23.0 Å². The number of hydrogen-bond donors (Lipinski definition) is 4. The Morgan fingerprint density at radius 1 is 0.356 bits per heavy atom. The summed E-state index contributed by atoms with van der Waals surface area (Å²) >= 11 is 9.25. The van der Waals surface area contributed by atoms with E-state index in [1.54, 1.807) is 0 Å². The van der Waals surface area contributed by atoms with Gasteiger partial charge in [0.2, 0.25) is 0 Å². The van der Waals surface area contributed by atoms with Crippen molar-refractivity contribution in [3.8, 4) is 23.0 Å². The van der Waals surface area contributed by atoms with Gasteiger partial charge >= 0.3 is 0 Å². The summed E-state index contributed by atoms with van der Waals surface area (Å²) in [6.45, 7) is 19.7. The summed E-state index contributed by atoms with van der Waals surface area (Å²) in [7, 11) is 0. The van der Waals surface area contributed by atoms with Gasteiger partial charge < -0.3 is 41.9 Å². The highest BCUT2D eigenvalue weighted by Crippen LogP contribution is 2.28. The van der Waals surface area contributed by atoms with Crippen molar-refractivity contribution in [3.63, 3.8) is 0 Å². The quantitative estimate of drug-likeness (QED) is 0.0887. The summed E-state index contributed by atoms with van der Waals surface area (Å²) in [5.41, 5.74) is 40.3. The summed E-state index contributed by atoms with van der Waals surface area (Å²) in [5.74, 6) is 1.51. The highest BCUT2D eigenvalue weighted by molar-refractivity contribution is 9.10. The third-order valence-corrected chi connectivity index (χ3v) is 12.6. The first-order chi connectivity index (χ1) is 34.6. The fourth-order valence-electron chi connectivity index (χ4n) is 7.21. The van der Waals surface area contributed by atoms with Gasteiger partial charge in [-0.15, -0.1) is 0 Å². The van der Waals surface area contributed by atoms with E-state index in [0.717, 1.165) is 117 Å². The van der Waals surface area contributed by atoms with Crippen molar-refractivity contribution in [1.29, 1.82) is 0 Å². The minimum absolute atomic E-state index is 0.181. The van der Waals surface area contributed by atoms with Gasteiger partial charge in [0, 0.05) is 32.2 Å². The van der Waals surface area contributed by atoms with Crippen LogP contribution in [-0.4, -0.2) is 0 Å². The molecule has 8 rings (SSSR count). The molecule has 0 aromatic heterocycles. The van der Waals surface area contributed by atoms with E-state index >= 15 is 0 Å². The maximum absolute atomic E-state index is 13.0. The van der Waals surface area contributed by atoms with Crippen molar-refractivity contribution in [2.24, 2.45) is 0 Å². The summed E-state index contributed by atoms with van der Waals surface area (Å²) in [4.78, 5) is 0. The predicted molar refractivity (Wildman–Crippen MR) is 302 cm³/mol. The topological polar surface area (TPSA) is 141 Å². The van der Waals surface area contributed by atoms with Crippen LogP contribution in [0.25, 0.3) is 0 Å². The number of rotatable bonds is 12.